The molecule has 0 aromatic carbocycles. The van der Waals surface area contributed by atoms with Gasteiger partial charge >= 0.3 is 5.97 Å². The maximum atomic E-state index is 11.8. The predicted octanol–water partition coefficient (Wildman–Crippen LogP) is 0.683. The summed E-state index contributed by atoms with van der Waals surface area (Å²) in [6.07, 6.45) is 1.40. The van der Waals surface area contributed by atoms with E-state index in [1.807, 2.05) is 13.8 Å². The smallest absolute Gasteiger partial charge is 0.303 e. The van der Waals surface area contributed by atoms with Crippen LogP contribution in [0.2, 0.25) is 0 Å². The summed E-state index contributed by atoms with van der Waals surface area (Å²) in [5.74, 6) is -0.804. The second-order valence-electron chi connectivity index (χ2n) is 4.17. The van der Waals surface area contributed by atoms with Crippen LogP contribution in [0, 0.1) is 5.92 Å². The van der Waals surface area contributed by atoms with E-state index in [0.717, 1.165) is 6.42 Å². The number of carboxylic acids is 1. The Hall–Kier alpha value is -1.10. The molecular formula is C11H22N2O3. The Balaban J connectivity index is 4.02. The van der Waals surface area contributed by atoms with Crippen LogP contribution in [0.4, 0.5) is 0 Å². The molecule has 0 saturated carbocycles. The maximum Gasteiger partial charge on any atom is 0.303 e. The van der Waals surface area contributed by atoms with Crippen LogP contribution in [0.3, 0.4) is 0 Å². The van der Waals surface area contributed by atoms with Gasteiger partial charge in [-0.05, 0) is 12.3 Å². The van der Waals surface area contributed by atoms with Gasteiger partial charge in [0, 0.05) is 20.0 Å². The average molecular weight is 230 g/mol. The van der Waals surface area contributed by atoms with E-state index in [0.29, 0.717) is 13.0 Å². The number of carbonyl (C=O) groups is 2. The molecule has 0 heterocycles. The molecule has 0 unspecified atom stereocenters. The summed E-state index contributed by atoms with van der Waals surface area (Å²) in [6.45, 7) is 4.37. The Kier molecular flexibility index (Phi) is 6.72. The van der Waals surface area contributed by atoms with Crippen molar-refractivity contribution in [2.75, 3.05) is 13.6 Å². The van der Waals surface area contributed by atoms with Gasteiger partial charge in [-0.15, -0.1) is 0 Å². The summed E-state index contributed by atoms with van der Waals surface area (Å²) in [4.78, 5) is 23.6. The molecule has 3 N–H and O–H groups in total. The summed E-state index contributed by atoms with van der Waals surface area (Å²) in [5, 5.41) is 8.47. The van der Waals surface area contributed by atoms with Crippen molar-refractivity contribution in [1.82, 2.24) is 4.90 Å². The summed E-state index contributed by atoms with van der Waals surface area (Å²) >= 11 is 0. The van der Waals surface area contributed by atoms with E-state index in [2.05, 4.69) is 0 Å². The fraction of sp³-hybridized carbons (Fsp3) is 0.818. The zero-order valence-electron chi connectivity index (χ0n) is 10.3. The topological polar surface area (TPSA) is 83.6 Å². The largest absolute Gasteiger partial charge is 0.481 e. The van der Waals surface area contributed by atoms with Gasteiger partial charge in [0.05, 0.1) is 6.04 Å². The summed E-state index contributed by atoms with van der Waals surface area (Å²) in [7, 11) is 1.66. The lowest BCUT2D eigenvalue weighted by Crippen LogP contribution is -2.45. The standard InChI is InChI=1S/C11H22N2O3/c1-4-8(2)10(12)11(16)13(3)7-5-6-9(14)15/h8,10H,4-7,12H2,1-3H3,(H,14,15)/t8-,10-/m0/s1. The van der Waals surface area contributed by atoms with Gasteiger partial charge in [0.25, 0.3) is 0 Å². The quantitative estimate of drug-likeness (QED) is 0.673. The zero-order chi connectivity index (χ0) is 12.7. The fourth-order valence-electron chi connectivity index (χ4n) is 1.33. The molecule has 5 nitrogen and oxygen atoms in total. The van der Waals surface area contributed by atoms with Crippen LogP contribution in [-0.2, 0) is 9.59 Å². The minimum atomic E-state index is -0.841. The van der Waals surface area contributed by atoms with Crippen LogP contribution in [0.1, 0.15) is 33.1 Å². The molecule has 0 radical (unpaired) electrons. The maximum absolute atomic E-state index is 11.8. The third kappa shape index (κ3) is 5.11. The first kappa shape index (κ1) is 14.9. The van der Waals surface area contributed by atoms with Gasteiger partial charge in [0.1, 0.15) is 0 Å². The van der Waals surface area contributed by atoms with Gasteiger partial charge in [-0.2, -0.15) is 0 Å². The molecule has 0 aliphatic heterocycles. The molecule has 0 rings (SSSR count). The van der Waals surface area contributed by atoms with Crippen LogP contribution < -0.4 is 5.73 Å². The lowest BCUT2D eigenvalue weighted by Gasteiger charge is -2.24. The number of nitrogens with zero attached hydrogens (tertiary/aromatic N) is 1. The number of hydrogen-bond donors (Lipinski definition) is 2. The molecule has 0 bridgehead atoms. The number of hydrogen-bond acceptors (Lipinski definition) is 3. The molecule has 1 amide bonds. The van der Waals surface area contributed by atoms with Gasteiger partial charge in [0.15, 0.2) is 0 Å². The van der Waals surface area contributed by atoms with Gasteiger partial charge in [-0.1, -0.05) is 20.3 Å². The number of nitrogens with two attached hydrogens (primary N) is 1. The normalized spacial score (nSPS) is 14.2. The lowest BCUT2D eigenvalue weighted by atomic mass is 9.99. The van der Waals surface area contributed by atoms with E-state index in [9.17, 15) is 9.59 Å². The molecule has 0 aromatic rings. The molecule has 16 heavy (non-hydrogen) atoms. The molecule has 5 heteroatoms. The van der Waals surface area contributed by atoms with E-state index in [4.69, 9.17) is 10.8 Å². The highest BCUT2D eigenvalue weighted by atomic mass is 16.4. The first-order valence-electron chi connectivity index (χ1n) is 5.62. The zero-order valence-corrected chi connectivity index (χ0v) is 10.3. The Labute approximate surface area is 96.6 Å². The highest BCUT2D eigenvalue weighted by Gasteiger charge is 2.22. The number of carboxylic acid groups (broad SMARTS) is 1. The second kappa shape index (κ2) is 7.22. The van der Waals surface area contributed by atoms with Crippen LogP contribution in [0.5, 0.6) is 0 Å². The first-order chi connectivity index (χ1) is 7.40. The highest BCUT2D eigenvalue weighted by molar-refractivity contribution is 5.81. The van der Waals surface area contributed by atoms with Crippen LogP contribution >= 0.6 is 0 Å². The molecule has 0 aromatic heterocycles. The van der Waals surface area contributed by atoms with Crippen molar-refractivity contribution in [3.8, 4) is 0 Å². The Morgan fingerprint density at radius 2 is 2.00 bits per heavy atom. The van der Waals surface area contributed by atoms with Crippen molar-refractivity contribution in [2.24, 2.45) is 11.7 Å². The van der Waals surface area contributed by atoms with Gasteiger partial charge in [-0.25, -0.2) is 0 Å². The third-order valence-electron chi connectivity index (χ3n) is 2.80. The van der Waals surface area contributed by atoms with E-state index in [-0.39, 0.29) is 18.2 Å². The summed E-state index contributed by atoms with van der Waals surface area (Å²) < 4.78 is 0. The number of likely N-dealkylation sites (N-methyl/N-ethyl adjacent to an activating group) is 1. The van der Waals surface area contributed by atoms with Crippen LogP contribution in [0.15, 0.2) is 0 Å². The third-order valence-corrected chi connectivity index (χ3v) is 2.80. The van der Waals surface area contributed by atoms with Crippen molar-refractivity contribution < 1.29 is 14.7 Å². The molecule has 0 aliphatic carbocycles. The molecule has 0 fully saturated rings. The van der Waals surface area contributed by atoms with E-state index in [1.54, 1.807) is 7.05 Å². The Morgan fingerprint density at radius 1 is 1.44 bits per heavy atom. The van der Waals surface area contributed by atoms with E-state index < -0.39 is 12.0 Å². The molecule has 0 aliphatic rings. The van der Waals surface area contributed by atoms with Gasteiger partial charge in [-0.3, -0.25) is 9.59 Å². The monoisotopic (exact) mass is 230 g/mol. The lowest BCUT2D eigenvalue weighted by molar-refractivity contribution is -0.138. The SMILES string of the molecule is CC[C@H](C)[C@H](N)C(=O)N(C)CCCC(=O)O. The van der Waals surface area contributed by atoms with Gasteiger partial charge in [0.2, 0.25) is 5.91 Å². The minimum absolute atomic E-state index is 0.0796. The second-order valence-corrected chi connectivity index (χ2v) is 4.17. The first-order valence-corrected chi connectivity index (χ1v) is 5.62. The van der Waals surface area contributed by atoms with Crippen LogP contribution in [0.25, 0.3) is 0 Å². The highest BCUT2D eigenvalue weighted by Crippen LogP contribution is 2.08. The summed E-state index contributed by atoms with van der Waals surface area (Å²) in [5.41, 5.74) is 5.80. The molecule has 0 saturated heterocycles. The molecule has 2 atom stereocenters. The number of amides is 1. The summed E-state index contributed by atoms with van der Waals surface area (Å²) in [6, 6.07) is -0.486. The number of aliphatic carboxylic acids is 1. The number of carbonyl (C=O) groups excluding carboxylic acids is 1. The van der Waals surface area contributed by atoms with E-state index >= 15 is 0 Å². The van der Waals surface area contributed by atoms with E-state index in [1.165, 1.54) is 4.90 Å². The van der Waals surface area contributed by atoms with Crippen molar-refractivity contribution in [3.05, 3.63) is 0 Å². The molecule has 0 spiro atoms. The number of rotatable bonds is 7. The Bertz CT molecular complexity index is 243. The minimum Gasteiger partial charge on any atom is -0.481 e. The predicted molar refractivity (Wildman–Crippen MR) is 61.9 cm³/mol. The van der Waals surface area contributed by atoms with Gasteiger partial charge < -0.3 is 15.7 Å². The molecule has 94 valence electrons. The molecular weight excluding hydrogens is 208 g/mol. The van der Waals surface area contributed by atoms with Crippen molar-refractivity contribution >= 4 is 11.9 Å². The van der Waals surface area contributed by atoms with Crippen molar-refractivity contribution in [2.45, 2.75) is 39.2 Å². The Morgan fingerprint density at radius 3 is 2.44 bits per heavy atom. The average Bonchev–Trinajstić information content (AvgIpc) is 2.25. The van der Waals surface area contributed by atoms with Crippen LogP contribution in [-0.4, -0.2) is 41.5 Å². The fourth-order valence-corrected chi connectivity index (χ4v) is 1.33. The van der Waals surface area contributed by atoms with Crippen molar-refractivity contribution in [3.63, 3.8) is 0 Å². The van der Waals surface area contributed by atoms with Crippen molar-refractivity contribution in [1.29, 1.82) is 0 Å².